The molecular formula is C14H19NO2. The van der Waals surface area contributed by atoms with E-state index in [-0.39, 0.29) is 6.04 Å². The predicted octanol–water partition coefficient (Wildman–Crippen LogP) is 2.81. The van der Waals surface area contributed by atoms with Crippen LogP contribution in [0.1, 0.15) is 25.0 Å². The molecule has 2 rings (SSSR count). The van der Waals surface area contributed by atoms with Gasteiger partial charge < -0.3 is 9.47 Å². The van der Waals surface area contributed by atoms with Gasteiger partial charge in [-0.05, 0) is 36.6 Å². The maximum Gasteiger partial charge on any atom is 0.216 e. The van der Waals surface area contributed by atoms with Gasteiger partial charge in [0.15, 0.2) is 0 Å². The van der Waals surface area contributed by atoms with Crippen LogP contribution in [0.4, 0.5) is 0 Å². The molecule has 1 heterocycles. The first-order valence-corrected chi connectivity index (χ1v) is 5.97. The van der Waals surface area contributed by atoms with Crippen molar-refractivity contribution >= 4 is 5.90 Å². The monoisotopic (exact) mass is 233 g/mol. The lowest BCUT2D eigenvalue weighted by molar-refractivity contribution is 0.291. The third kappa shape index (κ3) is 2.43. The maximum absolute atomic E-state index is 5.68. The molecule has 0 N–H and O–H groups in total. The van der Waals surface area contributed by atoms with Crippen molar-refractivity contribution in [1.29, 1.82) is 0 Å². The molecule has 0 radical (unpaired) electrons. The van der Waals surface area contributed by atoms with Gasteiger partial charge in [0.25, 0.3) is 0 Å². The first-order chi connectivity index (χ1) is 8.11. The number of ether oxygens (including phenoxy) is 2. The lowest BCUT2D eigenvalue weighted by Crippen LogP contribution is -2.13. The van der Waals surface area contributed by atoms with Crippen LogP contribution in [0, 0.1) is 12.8 Å². The highest BCUT2D eigenvalue weighted by atomic mass is 16.5. The molecular weight excluding hydrogens is 214 g/mol. The second-order valence-corrected chi connectivity index (χ2v) is 4.74. The molecule has 17 heavy (non-hydrogen) atoms. The molecule has 0 unspecified atom stereocenters. The Hall–Kier alpha value is -1.51. The van der Waals surface area contributed by atoms with Gasteiger partial charge >= 0.3 is 0 Å². The van der Waals surface area contributed by atoms with E-state index in [4.69, 9.17) is 9.47 Å². The Morgan fingerprint density at radius 3 is 2.71 bits per heavy atom. The van der Waals surface area contributed by atoms with E-state index in [0.717, 1.165) is 22.8 Å². The van der Waals surface area contributed by atoms with E-state index in [2.05, 4.69) is 18.8 Å². The van der Waals surface area contributed by atoms with E-state index in [0.29, 0.717) is 12.5 Å². The quantitative estimate of drug-likeness (QED) is 0.803. The SMILES string of the molecule is COc1ccc(C2=N[C@@H](C(C)C)CO2)c(C)c1. The molecule has 1 aromatic rings. The van der Waals surface area contributed by atoms with E-state index in [1.165, 1.54) is 0 Å². The highest BCUT2D eigenvalue weighted by molar-refractivity contribution is 5.96. The second kappa shape index (κ2) is 4.78. The first-order valence-electron chi connectivity index (χ1n) is 5.97. The number of nitrogens with zero attached hydrogens (tertiary/aromatic N) is 1. The number of rotatable bonds is 3. The van der Waals surface area contributed by atoms with Gasteiger partial charge in [0.2, 0.25) is 5.90 Å². The van der Waals surface area contributed by atoms with Gasteiger partial charge in [0.05, 0.1) is 13.2 Å². The average molecular weight is 233 g/mol. The third-order valence-electron chi connectivity index (χ3n) is 3.11. The van der Waals surface area contributed by atoms with E-state index in [9.17, 15) is 0 Å². The van der Waals surface area contributed by atoms with Crippen LogP contribution in [0.15, 0.2) is 23.2 Å². The van der Waals surface area contributed by atoms with Crippen LogP contribution in [0.3, 0.4) is 0 Å². The summed E-state index contributed by atoms with van der Waals surface area (Å²) in [6.07, 6.45) is 0. The minimum absolute atomic E-state index is 0.284. The Kier molecular flexibility index (Phi) is 3.36. The largest absolute Gasteiger partial charge is 0.497 e. The Morgan fingerprint density at radius 1 is 1.41 bits per heavy atom. The van der Waals surface area contributed by atoms with Crippen LogP contribution >= 0.6 is 0 Å². The summed E-state index contributed by atoms with van der Waals surface area (Å²) in [5.41, 5.74) is 2.20. The number of hydrogen-bond acceptors (Lipinski definition) is 3. The third-order valence-corrected chi connectivity index (χ3v) is 3.11. The molecule has 1 aliphatic heterocycles. The minimum Gasteiger partial charge on any atom is -0.497 e. The van der Waals surface area contributed by atoms with Gasteiger partial charge in [-0.3, -0.25) is 0 Å². The molecule has 0 bridgehead atoms. The Balaban J connectivity index is 2.27. The fourth-order valence-electron chi connectivity index (χ4n) is 1.88. The molecule has 0 amide bonds. The molecule has 0 saturated carbocycles. The van der Waals surface area contributed by atoms with Crippen molar-refractivity contribution in [2.75, 3.05) is 13.7 Å². The predicted molar refractivity (Wildman–Crippen MR) is 68.8 cm³/mol. The summed E-state index contributed by atoms with van der Waals surface area (Å²) >= 11 is 0. The van der Waals surface area contributed by atoms with Crippen LogP contribution in [0.5, 0.6) is 5.75 Å². The van der Waals surface area contributed by atoms with Gasteiger partial charge in [-0.15, -0.1) is 0 Å². The van der Waals surface area contributed by atoms with Crippen LogP contribution in [0.25, 0.3) is 0 Å². The zero-order chi connectivity index (χ0) is 12.4. The fraction of sp³-hybridized carbons (Fsp3) is 0.500. The number of benzene rings is 1. The van der Waals surface area contributed by atoms with Crippen LogP contribution in [-0.4, -0.2) is 25.7 Å². The van der Waals surface area contributed by atoms with Crippen molar-refractivity contribution in [2.45, 2.75) is 26.8 Å². The maximum atomic E-state index is 5.68. The Bertz CT molecular complexity index is 438. The Labute approximate surface area is 102 Å². The molecule has 1 aromatic carbocycles. The normalized spacial score (nSPS) is 19.1. The average Bonchev–Trinajstić information content (AvgIpc) is 2.78. The molecule has 0 saturated heterocycles. The number of aliphatic imine (C=N–C) groups is 1. The van der Waals surface area contributed by atoms with Gasteiger partial charge in [-0.1, -0.05) is 13.8 Å². The van der Waals surface area contributed by atoms with Gasteiger partial charge in [-0.25, -0.2) is 4.99 Å². The summed E-state index contributed by atoms with van der Waals surface area (Å²) in [4.78, 5) is 4.63. The van der Waals surface area contributed by atoms with E-state index in [1.807, 2.05) is 25.1 Å². The van der Waals surface area contributed by atoms with Gasteiger partial charge in [0.1, 0.15) is 12.4 Å². The number of hydrogen-bond donors (Lipinski definition) is 0. The Morgan fingerprint density at radius 2 is 2.18 bits per heavy atom. The number of aryl methyl sites for hydroxylation is 1. The molecule has 1 atom stereocenters. The highest BCUT2D eigenvalue weighted by Crippen LogP contribution is 2.22. The lowest BCUT2D eigenvalue weighted by atomic mass is 10.1. The molecule has 92 valence electrons. The van der Waals surface area contributed by atoms with E-state index in [1.54, 1.807) is 7.11 Å². The molecule has 0 spiro atoms. The number of methoxy groups -OCH3 is 1. The van der Waals surface area contributed by atoms with E-state index >= 15 is 0 Å². The molecule has 3 nitrogen and oxygen atoms in total. The molecule has 3 heteroatoms. The van der Waals surface area contributed by atoms with Crippen LogP contribution < -0.4 is 4.74 Å². The zero-order valence-electron chi connectivity index (χ0n) is 10.9. The van der Waals surface area contributed by atoms with Crippen LogP contribution in [-0.2, 0) is 4.74 Å². The summed E-state index contributed by atoms with van der Waals surface area (Å²) in [5.74, 6) is 2.15. The van der Waals surface area contributed by atoms with Crippen LogP contribution in [0.2, 0.25) is 0 Å². The lowest BCUT2D eigenvalue weighted by Gasteiger charge is -2.07. The van der Waals surface area contributed by atoms with Gasteiger partial charge in [0, 0.05) is 5.56 Å². The first kappa shape index (κ1) is 12.0. The highest BCUT2D eigenvalue weighted by Gasteiger charge is 2.23. The van der Waals surface area contributed by atoms with Crippen molar-refractivity contribution in [1.82, 2.24) is 0 Å². The summed E-state index contributed by atoms with van der Waals surface area (Å²) in [7, 11) is 1.67. The zero-order valence-corrected chi connectivity index (χ0v) is 10.9. The fourth-order valence-corrected chi connectivity index (χ4v) is 1.88. The van der Waals surface area contributed by atoms with Crippen molar-refractivity contribution in [3.63, 3.8) is 0 Å². The molecule has 1 aliphatic rings. The van der Waals surface area contributed by atoms with Crippen molar-refractivity contribution in [3.05, 3.63) is 29.3 Å². The van der Waals surface area contributed by atoms with Crippen molar-refractivity contribution < 1.29 is 9.47 Å². The standard InChI is InChI=1S/C14H19NO2/c1-9(2)13-8-17-14(15-13)12-6-5-11(16-4)7-10(12)3/h5-7,9,13H,8H2,1-4H3/t13-/m1/s1. The summed E-state index contributed by atoms with van der Waals surface area (Å²) < 4.78 is 10.9. The molecule has 0 fully saturated rings. The smallest absolute Gasteiger partial charge is 0.216 e. The summed E-state index contributed by atoms with van der Waals surface area (Å²) in [6, 6.07) is 6.24. The van der Waals surface area contributed by atoms with Crippen molar-refractivity contribution in [3.8, 4) is 5.75 Å². The molecule has 0 aromatic heterocycles. The minimum atomic E-state index is 0.284. The molecule has 0 aliphatic carbocycles. The second-order valence-electron chi connectivity index (χ2n) is 4.74. The van der Waals surface area contributed by atoms with Crippen molar-refractivity contribution in [2.24, 2.45) is 10.9 Å². The van der Waals surface area contributed by atoms with E-state index < -0.39 is 0 Å². The summed E-state index contributed by atoms with van der Waals surface area (Å²) in [6.45, 7) is 7.08. The van der Waals surface area contributed by atoms with Gasteiger partial charge in [-0.2, -0.15) is 0 Å². The topological polar surface area (TPSA) is 30.8 Å². The summed E-state index contributed by atoms with van der Waals surface area (Å²) in [5, 5.41) is 0.